The third kappa shape index (κ3) is 3.19. The molecule has 2 saturated heterocycles. The molecule has 2 heterocycles. The summed E-state index contributed by atoms with van der Waals surface area (Å²) in [5, 5.41) is 3.27. The van der Waals surface area contributed by atoms with Crippen LogP contribution in [0.5, 0.6) is 0 Å². The maximum Gasteiger partial charge on any atom is 0.237 e. The van der Waals surface area contributed by atoms with Gasteiger partial charge in [0, 0.05) is 6.54 Å². The lowest BCUT2D eigenvalue weighted by atomic mass is 9.93. The van der Waals surface area contributed by atoms with Crippen molar-refractivity contribution in [1.82, 2.24) is 15.1 Å². The van der Waals surface area contributed by atoms with Crippen molar-refractivity contribution in [1.29, 1.82) is 0 Å². The summed E-state index contributed by atoms with van der Waals surface area (Å²) >= 11 is 0. The van der Waals surface area contributed by atoms with Crippen LogP contribution in [0, 0.1) is 5.92 Å². The zero-order valence-electron chi connectivity index (χ0n) is 11.1. The molecule has 0 spiro atoms. The van der Waals surface area contributed by atoms with E-state index in [2.05, 4.69) is 24.2 Å². The molecule has 1 amide bonds. The van der Waals surface area contributed by atoms with Crippen LogP contribution >= 0.6 is 0 Å². The van der Waals surface area contributed by atoms with E-state index in [9.17, 15) is 4.79 Å². The third-order valence-corrected chi connectivity index (χ3v) is 4.19. The molecule has 0 aromatic rings. The van der Waals surface area contributed by atoms with Gasteiger partial charge in [0.15, 0.2) is 0 Å². The van der Waals surface area contributed by atoms with Gasteiger partial charge in [-0.3, -0.25) is 10.1 Å². The minimum atomic E-state index is 0.282. The molecule has 0 radical (unpaired) electrons. The van der Waals surface area contributed by atoms with Crippen LogP contribution in [0.15, 0.2) is 0 Å². The highest BCUT2D eigenvalue weighted by atomic mass is 16.2. The Bertz CT molecular complexity index is 261. The number of rotatable bonds is 4. The number of nitrogens with one attached hydrogen (secondary N) is 1. The summed E-state index contributed by atoms with van der Waals surface area (Å²) in [5.74, 6) is 1.10. The van der Waals surface area contributed by atoms with E-state index in [1.165, 1.54) is 32.4 Å². The Morgan fingerprint density at radius 2 is 2.06 bits per heavy atom. The fraction of sp³-hybridized carbons (Fsp3) is 0.923. The molecule has 4 heteroatoms. The molecule has 2 fully saturated rings. The number of hydrogen-bond acceptors (Lipinski definition) is 3. The molecule has 4 nitrogen and oxygen atoms in total. The lowest BCUT2D eigenvalue weighted by molar-refractivity contribution is -0.128. The van der Waals surface area contributed by atoms with Crippen molar-refractivity contribution in [2.24, 2.45) is 5.92 Å². The smallest absolute Gasteiger partial charge is 0.237 e. The Morgan fingerprint density at radius 3 is 2.71 bits per heavy atom. The van der Waals surface area contributed by atoms with Crippen molar-refractivity contribution in [3.63, 3.8) is 0 Å². The Morgan fingerprint density at radius 1 is 1.35 bits per heavy atom. The summed E-state index contributed by atoms with van der Waals surface area (Å²) in [7, 11) is 2.19. The lowest BCUT2D eigenvalue weighted by Crippen LogP contribution is -2.39. The highest BCUT2D eigenvalue weighted by Crippen LogP contribution is 2.21. The van der Waals surface area contributed by atoms with Gasteiger partial charge in [-0.05, 0) is 51.7 Å². The van der Waals surface area contributed by atoms with Gasteiger partial charge in [0.1, 0.15) is 0 Å². The summed E-state index contributed by atoms with van der Waals surface area (Å²) in [6.07, 6.45) is 5.07. The van der Waals surface area contributed by atoms with Gasteiger partial charge in [0.05, 0.1) is 12.7 Å². The van der Waals surface area contributed by atoms with Crippen LogP contribution in [-0.4, -0.2) is 55.1 Å². The van der Waals surface area contributed by atoms with Gasteiger partial charge in [-0.2, -0.15) is 0 Å². The second-order valence-corrected chi connectivity index (χ2v) is 5.43. The molecule has 2 rings (SSSR count). The molecule has 0 bridgehead atoms. The van der Waals surface area contributed by atoms with Crippen LogP contribution in [0.2, 0.25) is 0 Å². The predicted octanol–water partition coefficient (Wildman–Crippen LogP) is 0.886. The molecule has 0 aromatic carbocycles. The van der Waals surface area contributed by atoms with Crippen LogP contribution in [0.1, 0.15) is 32.6 Å². The third-order valence-electron chi connectivity index (χ3n) is 4.19. The Kier molecular flexibility index (Phi) is 4.40. The average Bonchev–Trinajstić information content (AvgIpc) is 2.69. The van der Waals surface area contributed by atoms with Crippen molar-refractivity contribution in [2.75, 3.05) is 33.2 Å². The minimum absolute atomic E-state index is 0.282. The summed E-state index contributed by atoms with van der Waals surface area (Å²) < 4.78 is 0. The highest BCUT2D eigenvalue weighted by Gasteiger charge is 2.29. The molecular formula is C13H25N3O. The molecule has 0 aromatic heterocycles. The number of amides is 1. The predicted molar refractivity (Wildman–Crippen MR) is 68.6 cm³/mol. The van der Waals surface area contributed by atoms with Gasteiger partial charge in [0.2, 0.25) is 5.91 Å². The van der Waals surface area contributed by atoms with Crippen molar-refractivity contribution in [3.05, 3.63) is 0 Å². The largest absolute Gasteiger partial charge is 0.326 e. The van der Waals surface area contributed by atoms with Crippen molar-refractivity contribution < 1.29 is 4.79 Å². The number of carbonyl (C=O) groups excluding carboxylic acids is 1. The molecule has 98 valence electrons. The summed E-state index contributed by atoms with van der Waals surface area (Å²) in [6.45, 7) is 6.05. The standard InChI is InChI=1S/C13H25N3O/c1-3-12-14-10-13(17)16(12)9-6-11-4-7-15(2)8-5-11/h11-12,14H,3-10H2,1-2H3. The SMILES string of the molecule is CCC1NCC(=O)N1CCC1CCN(C)CC1. The van der Waals surface area contributed by atoms with E-state index in [0.29, 0.717) is 6.54 Å². The van der Waals surface area contributed by atoms with E-state index in [0.717, 1.165) is 18.9 Å². The first kappa shape index (κ1) is 12.8. The quantitative estimate of drug-likeness (QED) is 0.791. The van der Waals surface area contributed by atoms with Crippen molar-refractivity contribution in [2.45, 2.75) is 38.8 Å². The minimum Gasteiger partial charge on any atom is -0.326 e. The molecule has 0 saturated carbocycles. The Hall–Kier alpha value is -0.610. The second-order valence-electron chi connectivity index (χ2n) is 5.43. The van der Waals surface area contributed by atoms with E-state index < -0.39 is 0 Å². The van der Waals surface area contributed by atoms with E-state index in [-0.39, 0.29) is 12.1 Å². The molecule has 2 aliphatic heterocycles. The molecule has 17 heavy (non-hydrogen) atoms. The van der Waals surface area contributed by atoms with Gasteiger partial charge in [-0.15, -0.1) is 0 Å². The summed E-state index contributed by atoms with van der Waals surface area (Å²) in [6, 6.07) is 0. The van der Waals surface area contributed by atoms with Crippen LogP contribution in [0.25, 0.3) is 0 Å². The summed E-state index contributed by atoms with van der Waals surface area (Å²) in [5.41, 5.74) is 0. The zero-order valence-corrected chi connectivity index (χ0v) is 11.1. The number of nitrogens with zero attached hydrogens (tertiary/aromatic N) is 2. The lowest BCUT2D eigenvalue weighted by Gasteiger charge is -2.31. The molecule has 0 aliphatic carbocycles. The number of likely N-dealkylation sites (tertiary alicyclic amines) is 1. The maximum absolute atomic E-state index is 11.7. The molecule has 1 N–H and O–H groups in total. The monoisotopic (exact) mass is 239 g/mol. The van der Waals surface area contributed by atoms with Gasteiger partial charge in [-0.1, -0.05) is 6.92 Å². The van der Waals surface area contributed by atoms with Gasteiger partial charge < -0.3 is 9.80 Å². The van der Waals surface area contributed by atoms with Crippen LogP contribution < -0.4 is 5.32 Å². The maximum atomic E-state index is 11.7. The zero-order chi connectivity index (χ0) is 12.3. The first-order valence-corrected chi connectivity index (χ1v) is 6.92. The fourth-order valence-electron chi connectivity index (χ4n) is 2.91. The van der Waals surface area contributed by atoms with E-state index >= 15 is 0 Å². The van der Waals surface area contributed by atoms with Gasteiger partial charge in [0.25, 0.3) is 0 Å². The van der Waals surface area contributed by atoms with E-state index in [1.807, 2.05) is 4.90 Å². The van der Waals surface area contributed by atoms with Crippen molar-refractivity contribution >= 4 is 5.91 Å². The van der Waals surface area contributed by atoms with E-state index in [1.54, 1.807) is 0 Å². The fourth-order valence-corrected chi connectivity index (χ4v) is 2.91. The first-order valence-electron chi connectivity index (χ1n) is 6.92. The topological polar surface area (TPSA) is 35.6 Å². The highest BCUT2D eigenvalue weighted by molar-refractivity contribution is 5.80. The summed E-state index contributed by atoms with van der Waals surface area (Å²) in [4.78, 5) is 16.2. The van der Waals surface area contributed by atoms with Crippen LogP contribution in [0.4, 0.5) is 0 Å². The Balaban J connectivity index is 1.75. The normalized spacial score (nSPS) is 28.0. The van der Waals surface area contributed by atoms with Crippen LogP contribution in [0.3, 0.4) is 0 Å². The van der Waals surface area contributed by atoms with Gasteiger partial charge in [-0.25, -0.2) is 0 Å². The molecule has 1 unspecified atom stereocenters. The first-order chi connectivity index (χ1) is 8.20. The number of hydrogen-bond donors (Lipinski definition) is 1. The molecule has 2 aliphatic rings. The average molecular weight is 239 g/mol. The van der Waals surface area contributed by atoms with E-state index in [4.69, 9.17) is 0 Å². The number of carbonyl (C=O) groups is 1. The molecule has 1 atom stereocenters. The molecular weight excluding hydrogens is 214 g/mol. The second kappa shape index (κ2) is 5.83. The number of piperidine rings is 1. The van der Waals surface area contributed by atoms with Crippen molar-refractivity contribution in [3.8, 4) is 0 Å². The van der Waals surface area contributed by atoms with Gasteiger partial charge >= 0.3 is 0 Å². The Labute approximate surface area is 104 Å². The van der Waals surface area contributed by atoms with Crippen LogP contribution in [-0.2, 0) is 4.79 Å².